The normalized spacial score (nSPS) is 14.8. The van der Waals surface area contributed by atoms with Crippen LogP contribution in [0.2, 0.25) is 0 Å². The molecule has 0 bridgehead atoms. The number of nitrogens with zero attached hydrogens (tertiary/aromatic N) is 2. The van der Waals surface area contributed by atoms with E-state index >= 15 is 0 Å². The highest BCUT2D eigenvalue weighted by Gasteiger charge is 2.22. The summed E-state index contributed by atoms with van der Waals surface area (Å²) in [7, 11) is 0. The maximum absolute atomic E-state index is 12.6. The fourth-order valence-corrected chi connectivity index (χ4v) is 4.01. The predicted molar refractivity (Wildman–Crippen MR) is 135 cm³/mol. The van der Waals surface area contributed by atoms with Gasteiger partial charge < -0.3 is 14.4 Å². The number of hydrogen-bond donors (Lipinski definition) is 1. The molecule has 2 rings (SSSR count). The monoisotopic (exact) mass is 469 g/mol. The number of ether oxygens (including phenoxy) is 2. The highest BCUT2D eigenvalue weighted by Crippen LogP contribution is 2.19. The summed E-state index contributed by atoms with van der Waals surface area (Å²) < 4.78 is 11.7. The highest BCUT2D eigenvalue weighted by molar-refractivity contribution is 5.85. The first-order chi connectivity index (χ1) is 15.1. The molecule has 1 unspecified atom stereocenters. The molecule has 0 aromatic heterocycles. The topological polar surface area (TPSA) is 54.0 Å². The average molecular weight is 470 g/mol. The van der Waals surface area contributed by atoms with Crippen molar-refractivity contribution in [3.63, 3.8) is 0 Å². The number of hydrogen-bond acceptors (Lipinski definition) is 5. The number of likely N-dealkylation sites (tertiary alicyclic amines) is 1. The number of carbonyl (C=O) groups excluding carboxylic acids is 1. The Morgan fingerprint density at radius 1 is 1.09 bits per heavy atom. The number of anilines is 1. The van der Waals surface area contributed by atoms with Crippen molar-refractivity contribution < 1.29 is 14.3 Å². The van der Waals surface area contributed by atoms with Gasteiger partial charge >= 0.3 is 6.09 Å². The first-order valence-electron chi connectivity index (χ1n) is 12.3. The van der Waals surface area contributed by atoms with Gasteiger partial charge in [0.25, 0.3) is 0 Å². The third-order valence-corrected chi connectivity index (χ3v) is 5.89. The van der Waals surface area contributed by atoms with Crippen molar-refractivity contribution in [2.45, 2.75) is 71.8 Å². The smallest absolute Gasteiger partial charge is 0.411 e. The summed E-state index contributed by atoms with van der Waals surface area (Å²) in [6.07, 6.45) is 7.98. The summed E-state index contributed by atoms with van der Waals surface area (Å²) in [5.74, 6) is 0.782. The van der Waals surface area contributed by atoms with Gasteiger partial charge in [-0.05, 0) is 57.6 Å². The molecule has 0 radical (unpaired) electrons. The predicted octanol–water partition coefficient (Wildman–Crippen LogP) is 5.81. The van der Waals surface area contributed by atoms with E-state index in [0.29, 0.717) is 12.3 Å². The Balaban J connectivity index is 0.00000512. The van der Waals surface area contributed by atoms with Crippen molar-refractivity contribution >= 4 is 24.2 Å². The van der Waals surface area contributed by atoms with Crippen molar-refractivity contribution in [3.8, 4) is 5.75 Å². The lowest BCUT2D eigenvalue weighted by atomic mass is 10.2. The summed E-state index contributed by atoms with van der Waals surface area (Å²) in [4.78, 5) is 17.3. The molecule has 6 nitrogen and oxygen atoms in total. The fourth-order valence-electron chi connectivity index (χ4n) is 4.01. The van der Waals surface area contributed by atoms with E-state index in [2.05, 4.69) is 35.9 Å². The largest absolute Gasteiger partial charge is 0.494 e. The number of halogens is 1. The van der Waals surface area contributed by atoms with E-state index in [1.54, 1.807) is 0 Å². The third-order valence-electron chi connectivity index (χ3n) is 5.89. The maximum Gasteiger partial charge on any atom is 0.411 e. The Morgan fingerprint density at radius 3 is 2.50 bits per heavy atom. The second kappa shape index (κ2) is 17.0. The van der Waals surface area contributed by atoms with Gasteiger partial charge in [0, 0.05) is 24.8 Å². The van der Waals surface area contributed by atoms with Crippen LogP contribution >= 0.6 is 12.4 Å². The molecular formula is C25H44ClN3O3. The molecule has 1 aromatic carbocycles. The van der Waals surface area contributed by atoms with Gasteiger partial charge in [-0.25, -0.2) is 4.79 Å². The molecule has 1 saturated heterocycles. The molecule has 1 aromatic rings. The molecule has 0 spiro atoms. The Morgan fingerprint density at radius 2 is 1.81 bits per heavy atom. The first kappa shape index (κ1) is 28.5. The number of carbonyl (C=O) groups is 1. The van der Waals surface area contributed by atoms with Gasteiger partial charge in [-0.15, -0.1) is 12.4 Å². The summed E-state index contributed by atoms with van der Waals surface area (Å²) in [6, 6.07) is 7.57. The number of likely N-dealkylation sites (N-methyl/N-ethyl adjacent to an activating group) is 1. The van der Waals surface area contributed by atoms with Crippen LogP contribution in [0.3, 0.4) is 0 Å². The van der Waals surface area contributed by atoms with Crippen LogP contribution in [0.5, 0.6) is 5.75 Å². The van der Waals surface area contributed by atoms with Crippen molar-refractivity contribution in [2.24, 2.45) is 0 Å². The summed E-state index contributed by atoms with van der Waals surface area (Å²) in [5.41, 5.74) is 0.705. The van der Waals surface area contributed by atoms with Crippen molar-refractivity contribution in [1.82, 2.24) is 9.80 Å². The van der Waals surface area contributed by atoms with Gasteiger partial charge in [-0.3, -0.25) is 10.2 Å². The molecule has 1 fully saturated rings. The third kappa shape index (κ3) is 11.4. The zero-order valence-corrected chi connectivity index (χ0v) is 21.1. The average Bonchev–Trinajstić information content (AvgIpc) is 3.27. The van der Waals surface area contributed by atoms with E-state index in [-0.39, 0.29) is 18.5 Å². The zero-order valence-electron chi connectivity index (χ0n) is 20.3. The Kier molecular flexibility index (Phi) is 15.2. The second-order valence-electron chi connectivity index (χ2n) is 8.44. The number of nitrogens with one attached hydrogen (secondary N) is 1. The molecule has 1 aliphatic heterocycles. The van der Waals surface area contributed by atoms with Crippen LogP contribution in [0.15, 0.2) is 24.3 Å². The molecule has 1 aliphatic rings. The standard InChI is InChI=1S/C25H43N3O3.ClH/c1-4-7-8-9-12-18-30-23-15-13-14-22(19-23)26-25(29)31-24(20-27(5-2)6-3)21-28-16-10-11-17-28;/h13-15,19,24H,4-12,16-18,20-21H2,1-3H3,(H,26,29);1H. The van der Waals surface area contributed by atoms with Crippen LogP contribution in [0.1, 0.15) is 65.7 Å². The number of unbranched alkanes of at least 4 members (excludes halogenated alkanes) is 4. The Bertz CT molecular complexity index is 618. The van der Waals surface area contributed by atoms with Crippen LogP contribution in [-0.2, 0) is 4.74 Å². The van der Waals surface area contributed by atoms with Crippen LogP contribution in [0.25, 0.3) is 0 Å². The fraction of sp³-hybridized carbons (Fsp3) is 0.720. The molecule has 1 amide bonds. The number of rotatable bonds is 15. The Labute approximate surface area is 201 Å². The van der Waals surface area contributed by atoms with Gasteiger partial charge in [0.1, 0.15) is 11.9 Å². The van der Waals surface area contributed by atoms with E-state index < -0.39 is 6.09 Å². The summed E-state index contributed by atoms with van der Waals surface area (Å²) >= 11 is 0. The first-order valence-corrected chi connectivity index (χ1v) is 12.3. The molecular weight excluding hydrogens is 426 g/mol. The maximum atomic E-state index is 12.6. The molecule has 7 heteroatoms. The van der Waals surface area contributed by atoms with Crippen molar-refractivity contribution in [3.05, 3.63) is 24.3 Å². The van der Waals surface area contributed by atoms with Crippen LogP contribution < -0.4 is 10.1 Å². The minimum absolute atomic E-state index is 0. The lowest BCUT2D eigenvalue weighted by molar-refractivity contribution is 0.0605. The molecule has 0 aliphatic carbocycles. The van der Waals surface area contributed by atoms with E-state index in [0.717, 1.165) is 51.4 Å². The van der Waals surface area contributed by atoms with Crippen LogP contribution in [0.4, 0.5) is 10.5 Å². The minimum atomic E-state index is -0.395. The summed E-state index contributed by atoms with van der Waals surface area (Å²) in [6.45, 7) is 12.9. The SMILES string of the molecule is CCCCCCCOc1cccc(NC(=O)OC(CN(CC)CC)CN2CCCC2)c1.Cl. The number of benzene rings is 1. The lowest BCUT2D eigenvalue weighted by Gasteiger charge is -2.28. The quantitative estimate of drug-likeness (QED) is 0.328. The van der Waals surface area contributed by atoms with Gasteiger partial charge in [-0.1, -0.05) is 52.5 Å². The van der Waals surface area contributed by atoms with E-state index in [1.807, 2.05) is 24.3 Å². The van der Waals surface area contributed by atoms with Crippen LogP contribution in [-0.4, -0.2) is 67.9 Å². The van der Waals surface area contributed by atoms with Gasteiger partial charge in [0.15, 0.2) is 0 Å². The Hall–Kier alpha value is -1.50. The molecule has 1 atom stereocenters. The zero-order chi connectivity index (χ0) is 22.3. The van der Waals surface area contributed by atoms with E-state index in [9.17, 15) is 4.79 Å². The second-order valence-corrected chi connectivity index (χ2v) is 8.44. The summed E-state index contributed by atoms with van der Waals surface area (Å²) in [5, 5.41) is 2.89. The van der Waals surface area contributed by atoms with Crippen molar-refractivity contribution in [1.29, 1.82) is 0 Å². The molecule has 32 heavy (non-hydrogen) atoms. The van der Waals surface area contributed by atoms with Gasteiger partial charge in [0.2, 0.25) is 0 Å². The number of amides is 1. The van der Waals surface area contributed by atoms with E-state index in [1.165, 1.54) is 38.5 Å². The minimum Gasteiger partial charge on any atom is -0.494 e. The van der Waals surface area contributed by atoms with Crippen molar-refractivity contribution in [2.75, 3.05) is 51.2 Å². The van der Waals surface area contributed by atoms with E-state index in [4.69, 9.17) is 9.47 Å². The van der Waals surface area contributed by atoms with Gasteiger partial charge in [0.05, 0.1) is 6.61 Å². The molecule has 1 N–H and O–H groups in total. The highest BCUT2D eigenvalue weighted by atomic mass is 35.5. The van der Waals surface area contributed by atoms with Crippen LogP contribution in [0, 0.1) is 0 Å². The molecule has 0 saturated carbocycles. The lowest BCUT2D eigenvalue weighted by Crippen LogP contribution is -2.42. The molecule has 1 heterocycles. The molecule has 184 valence electrons. The van der Waals surface area contributed by atoms with Gasteiger partial charge in [-0.2, -0.15) is 0 Å².